The minimum atomic E-state index is -1.30. The Bertz CT molecular complexity index is 1030. The van der Waals surface area contributed by atoms with Crippen molar-refractivity contribution in [2.24, 2.45) is 0 Å². The number of Topliss-reactive ketones (excluding diaryl/α,β-unsaturated/α-hetero) is 1. The molecule has 0 saturated carbocycles. The highest BCUT2D eigenvalue weighted by Crippen LogP contribution is 2.01. The first-order valence-corrected chi connectivity index (χ1v) is 10.8. The van der Waals surface area contributed by atoms with Gasteiger partial charge in [-0.15, -0.1) is 5.10 Å². The van der Waals surface area contributed by atoms with Crippen LogP contribution in [0.25, 0.3) is 0 Å². The molecule has 19 heteroatoms. The molecule has 0 aliphatic rings. The second-order valence-corrected chi connectivity index (χ2v) is 7.85. The molecular weight excluding hydrogens is 516 g/mol. The van der Waals surface area contributed by atoms with Crippen LogP contribution in [0.1, 0.15) is 27.9 Å². The number of amides is 2. The topological polar surface area (TPSA) is 276 Å². The molecule has 0 saturated heterocycles. The molecule has 1 aromatic heterocycles. The Morgan fingerprint density at radius 2 is 1.03 bits per heavy atom. The van der Waals surface area contributed by atoms with E-state index in [1.54, 1.807) is 0 Å². The third-order valence-electron chi connectivity index (χ3n) is 4.68. The van der Waals surface area contributed by atoms with Crippen molar-refractivity contribution in [3.63, 3.8) is 0 Å². The van der Waals surface area contributed by atoms with Crippen molar-refractivity contribution in [3.05, 3.63) is 11.4 Å². The molecular formula is C19H28N8O11. The van der Waals surface area contributed by atoms with Crippen LogP contribution in [-0.4, -0.2) is 151 Å². The SMILES string of the molecule is CC(=O)c1n[nH]nc1C(=O)NNC(=O)CN(CCN(CCN(CC(=O)O)CC(=O)O)CC(=O)O)CC(=O)O. The first-order chi connectivity index (χ1) is 17.8. The number of rotatable bonds is 18. The minimum Gasteiger partial charge on any atom is -0.480 e. The molecule has 1 aromatic rings. The highest BCUT2D eigenvalue weighted by Gasteiger charge is 2.22. The number of aromatic amines is 1. The fraction of sp³-hybridized carbons (Fsp3) is 0.526. The summed E-state index contributed by atoms with van der Waals surface area (Å²) < 4.78 is 0. The molecule has 0 unspecified atom stereocenters. The van der Waals surface area contributed by atoms with E-state index in [4.69, 9.17) is 20.4 Å². The van der Waals surface area contributed by atoms with E-state index < -0.39 is 74.2 Å². The number of hydrogen-bond donors (Lipinski definition) is 7. The third kappa shape index (κ3) is 12.5. The predicted molar refractivity (Wildman–Crippen MR) is 122 cm³/mol. The molecule has 19 nitrogen and oxygen atoms in total. The van der Waals surface area contributed by atoms with Gasteiger partial charge in [0.2, 0.25) is 0 Å². The molecule has 0 radical (unpaired) electrons. The summed E-state index contributed by atoms with van der Waals surface area (Å²) in [6.07, 6.45) is 0. The summed E-state index contributed by atoms with van der Waals surface area (Å²) in [5.74, 6) is -7.44. The van der Waals surface area contributed by atoms with Gasteiger partial charge in [0.05, 0.1) is 32.7 Å². The molecule has 0 aliphatic heterocycles. The monoisotopic (exact) mass is 544 g/mol. The summed E-state index contributed by atoms with van der Waals surface area (Å²) in [4.78, 5) is 83.8. The maximum absolute atomic E-state index is 12.3. The molecule has 38 heavy (non-hydrogen) atoms. The highest BCUT2D eigenvalue weighted by molar-refractivity contribution is 6.04. The Kier molecular flexibility index (Phi) is 12.9. The molecule has 1 rings (SSSR count). The number of hydrogen-bond acceptors (Lipinski definition) is 12. The van der Waals surface area contributed by atoms with Gasteiger partial charge in [0.25, 0.3) is 11.8 Å². The van der Waals surface area contributed by atoms with Gasteiger partial charge in [-0.3, -0.25) is 59.1 Å². The van der Waals surface area contributed by atoms with Crippen molar-refractivity contribution in [2.45, 2.75) is 6.92 Å². The lowest BCUT2D eigenvalue weighted by Gasteiger charge is -2.27. The van der Waals surface area contributed by atoms with E-state index in [2.05, 4.69) is 15.4 Å². The van der Waals surface area contributed by atoms with E-state index in [-0.39, 0.29) is 37.6 Å². The van der Waals surface area contributed by atoms with Crippen LogP contribution in [-0.2, 0) is 24.0 Å². The molecule has 0 atom stereocenters. The summed E-state index contributed by atoms with van der Waals surface area (Å²) in [7, 11) is 0. The van der Waals surface area contributed by atoms with Crippen LogP contribution in [0.4, 0.5) is 0 Å². The number of carbonyl (C=O) groups excluding carboxylic acids is 3. The lowest BCUT2D eigenvalue weighted by molar-refractivity contribution is -0.143. The van der Waals surface area contributed by atoms with Gasteiger partial charge in [-0.25, -0.2) is 0 Å². The van der Waals surface area contributed by atoms with Crippen molar-refractivity contribution in [1.82, 2.24) is 41.0 Å². The zero-order valence-corrected chi connectivity index (χ0v) is 20.2. The summed E-state index contributed by atoms with van der Waals surface area (Å²) in [6.45, 7) is -2.08. The second kappa shape index (κ2) is 15.6. The lowest BCUT2D eigenvalue weighted by atomic mass is 10.2. The molecule has 2 amide bonds. The number of carbonyl (C=O) groups is 7. The number of aliphatic carboxylic acids is 4. The average molecular weight is 544 g/mol. The maximum Gasteiger partial charge on any atom is 0.317 e. The summed E-state index contributed by atoms with van der Waals surface area (Å²) >= 11 is 0. The first kappa shape index (κ1) is 31.5. The number of nitrogens with zero attached hydrogens (tertiary/aromatic N) is 5. The molecule has 0 spiro atoms. The highest BCUT2D eigenvalue weighted by atomic mass is 16.4. The van der Waals surface area contributed by atoms with Crippen LogP contribution in [0.2, 0.25) is 0 Å². The zero-order chi connectivity index (χ0) is 28.8. The Morgan fingerprint density at radius 1 is 0.632 bits per heavy atom. The van der Waals surface area contributed by atoms with E-state index in [1.807, 2.05) is 10.9 Å². The summed E-state index contributed by atoms with van der Waals surface area (Å²) in [5, 5.41) is 45.3. The molecule has 0 fully saturated rings. The quantitative estimate of drug-likeness (QED) is 0.0685. The van der Waals surface area contributed by atoms with E-state index in [1.165, 1.54) is 4.90 Å². The maximum atomic E-state index is 12.3. The van der Waals surface area contributed by atoms with Crippen molar-refractivity contribution in [1.29, 1.82) is 0 Å². The number of carboxylic acid groups (broad SMARTS) is 4. The number of H-pyrrole nitrogens is 1. The molecule has 0 aromatic carbocycles. The minimum absolute atomic E-state index is 0.0633. The Hall–Kier alpha value is -4.49. The first-order valence-electron chi connectivity index (χ1n) is 10.8. The average Bonchev–Trinajstić information content (AvgIpc) is 3.28. The third-order valence-corrected chi connectivity index (χ3v) is 4.68. The Balaban J connectivity index is 2.74. The van der Waals surface area contributed by atoms with Crippen molar-refractivity contribution < 1.29 is 54.0 Å². The Morgan fingerprint density at radius 3 is 1.47 bits per heavy atom. The van der Waals surface area contributed by atoms with Crippen LogP contribution in [0, 0.1) is 0 Å². The number of hydrazine groups is 1. The van der Waals surface area contributed by atoms with Crippen LogP contribution >= 0.6 is 0 Å². The molecule has 0 aliphatic carbocycles. The standard InChI is InChI=1S/C19H28N8O11/c1-11(28)17-18(22-24-21-17)19(38)23-20-12(29)6-26(8-14(32)33)4-2-25(7-13(30)31)3-5-27(9-15(34)35)10-16(36)37/h2-10H2,1H3,(H,20,29)(H,23,38)(H,30,31)(H,32,33)(H,34,35)(H,36,37)(H,21,22,24). The predicted octanol–water partition coefficient (Wildman–Crippen LogP) is -3.99. The second-order valence-electron chi connectivity index (χ2n) is 7.85. The summed E-state index contributed by atoms with van der Waals surface area (Å²) in [6, 6.07) is 0. The normalized spacial score (nSPS) is 10.9. The van der Waals surface area contributed by atoms with Gasteiger partial charge >= 0.3 is 23.9 Å². The van der Waals surface area contributed by atoms with Crippen molar-refractivity contribution in [3.8, 4) is 0 Å². The van der Waals surface area contributed by atoms with Gasteiger partial charge in [0.15, 0.2) is 17.2 Å². The number of ketones is 1. The molecule has 210 valence electrons. The zero-order valence-electron chi connectivity index (χ0n) is 20.2. The fourth-order valence-corrected chi connectivity index (χ4v) is 3.09. The van der Waals surface area contributed by atoms with Gasteiger partial charge in [-0.05, 0) is 0 Å². The van der Waals surface area contributed by atoms with E-state index >= 15 is 0 Å². The largest absolute Gasteiger partial charge is 0.480 e. The summed E-state index contributed by atoms with van der Waals surface area (Å²) in [5.41, 5.74) is 3.43. The smallest absolute Gasteiger partial charge is 0.317 e. The fourth-order valence-electron chi connectivity index (χ4n) is 3.09. The van der Waals surface area contributed by atoms with Crippen molar-refractivity contribution >= 4 is 41.5 Å². The van der Waals surface area contributed by atoms with Gasteiger partial charge in [0, 0.05) is 33.1 Å². The van der Waals surface area contributed by atoms with Gasteiger partial charge < -0.3 is 20.4 Å². The van der Waals surface area contributed by atoms with Gasteiger partial charge in [-0.2, -0.15) is 10.3 Å². The Labute approximate surface area is 214 Å². The molecule has 1 heterocycles. The number of aromatic nitrogens is 3. The lowest BCUT2D eigenvalue weighted by Crippen LogP contribution is -2.49. The van der Waals surface area contributed by atoms with E-state index in [0.717, 1.165) is 16.7 Å². The van der Waals surface area contributed by atoms with Crippen LogP contribution < -0.4 is 10.9 Å². The van der Waals surface area contributed by atoms with E-state index in [0.29, 0.717) is 0 Å². The molecule has 7 N–H and O–H groups in total. The number of carboxylic acids is 4. The van der Waals surface area contributed by atoms with E-state index in [9.17, 15) is 33.6 Å². The number of nitrogens with one attached hydrogen (secondary N) is 3. The van der Waals surface area contributed by atoms with Gasteiger partial charge in [0.1, 0.15) is 0 Å². The van der Waals surface area contributed by atoms with Crippen LogP contribution in [0.15, 0.2) is 0 Å². The molecule has 0 bridgehead atoms. The van der Waals surface area contributed by atoms with Crippen molar-refractivity contribution in [2.75, 3.05) is 58.9 Å². The van der Waals surface area contributed by atoms with Crippen LogP contribution in [0.3, 0.4) is 0 Å². The van der Waals surface area contributed by atoms with Crippen LogP contribution in [0.5, 0.6) is 0 Å². The van der Waals surface area contributed by atoms with Gasteiger partial charge in [-0.1, -0.05) is 0 Å².